The zero-order chi connectivity index (χ0) is 13.5. The lowest BCUT2D eigenvalue weighted by atomic mass is 9.54. The molecule has 0 spiro atoms. The molecule has 3 heteroatoms. The Morgan fingerprint density at radius 3 is 2.20 bits per heavy atom. The van der Waals surface area contributed by atoms with Crippen LogP contribution in [0.25, 0.3) is 0 Å². The van der Waals surface area contributed by atoms with Crippen LogP contribution in [0.2, 0.25) is 0 Å². The van der Waals surface area contributed by atoms with Crippen molar-refractivity contribution >= 4 is 0 Å². The molecule has 4 aliphatic rings. The minimum atomic E-state index is 0.292. The highest BCUT2D eigenvalue weighted by atomic mass is 15.0. The summed E-state index contributed by atoms with van der Waals surface area (Å²) in [5, 5.41) is 3.91. The highest BCUT2D eigenvalue weighted by Gasteiger charge is 2.48. The molecule has 5 rings (SSSR count). The van der Waals surface area contributed by atoms with Gasteiger partial charge >= 0.3 is 0 Å². The van der Waals surface area contributed by atoms with Crippen LogP contribution in [0.5, 0.6) is 0 Å². The molecule has 20 heavy (non-hydrogen) atoms. The smallest absolute Gasteiger partial charge is 0.0447 e. The number of rotatable bonds is 4. The summed E-state index contributed by atoms with van der Waals surface area (Å²) in [6, 6.07) is 5.19. The lowest BCUT2D eigenvalue weighted by molar-refractivity contribution is -0.0174. The Morgan fingerprint density at radius 2 is 1.65 bits per heavy atom. The average molecular weight is 271 g/mol. The first kappa shape index (κ1) is 12.8. The van der Waals surface area contributed by atoms with Gasteiger partial charge in [-0.05, 0) is 73.5 Å². The quantitative estimate of drug-likeness (QED) is 0.884. The SMILES string of the molecule is NCC(NC1C2CC3CC(C2)CC1C3)c1ccncc1. The molecule has 1 unspecified atom stereocenters. The van der Waals surface area contributed by atoms with E-state index in [1.807, 2.05) is 12.4 Å². The predicted molar refractivity (Wildman–Crippen MR) is 80.0 cm³/mol. The fourth-order valence-corrected chi connectivity index (χ4v) is 5.33. The molecule has 1 aromatic heterocycles. The molecule has 1 aromatic rings. The summed E-state index contributed by atoms with van der Waals surface area (Å²) in [5.74, 6) is 3.88. The highest BCUT2D eigenvalue weighted by molar-refractivity contribution is 5.16. The van der Waals surface area contributed by atoms with Crippen molar-refractivity contribution in [2.24, 2.45) is 29.4 Å². The lowest BCUT2D eigenvalue weighted by Crippen LogP contribution is -2.55. The van der Waals surface area contributed by atoms with Crippen LogP contribution in [-0.2, 0) is 0 Å². The number of nitrogens with zero attached hydrogens (tertiary/aromatic N) is 1. The van der Waals surface area contributed by atoms with Crippen LogP contribution < -0.4 is 11.1 Å². The summed E-state index contributed by atoms with van der Waals surface area (Å²) in [4.78, 5) is 4.11. The monoisotopic (exact) mass is 271 g/mol. The molecular formula is C17H25N3. The maximum Gasteiger partial charge on any atom is 0.0447 e. The number of hydrogen-bond acceptors (Lipinski definition) is 3. The van der Waals surface area contributed by atoms with Gasteiger partial charge in [0.2, 0.25) is 0 Å². The topological polar surface area (TPSA) is 50.9 Å². The van der Waals surface area contributed by atoms with E-state index in [1.165, 1.54) is 37.7 Å². The molecule has 1 atom stereocenters. The number of hydrogen-bond donors (Lipinski definition) is 2. The van der Waals surface area contributed by atoms with Crippen molar-refractivity contribution in [1.29, 1.82) is 0 Å². The molecule has 0 aliphatic heterocycles. The van der Waals surface area contributed by atoms with Crippen molar-refractivity contribution in [2.75, 3.05) is 6.54 Å². The van der Waals surface area contributed by atoms with Gasteiger partial charge in [0.1, 0.15) is 0 Å². The van der Waals surface area contributed by atoms with Crippen molar-refractivity contribution in [3.63, 3.8) is 0 Å². The molecule has 4 aliphatic carbocycles. The zero-order valence-corrected chi connectivity index (χ0v) is 12.0. The van der Waals surface area contributed by atoms with Gasteiger partial charge in [0.05, 0.1) is 0 Å². The fourth-order valence-electron chi connectivity index (χ4n) is 5.33. The van der Waals surface area contributed by atoms with Crippen molar-refractivity contribution in [2.45, 2.75) is 44.2 Å². The van der Waals surface area contributed by atoms with Crippen molar-refractivity contribution < 1.29 is 0 Å². The number of aromatic nitrogens is 1. The van der Waals surface area contributed by atoms with Gasteiger partial charge in [-0.1, -0.05) is 0 Å². The van der Waals surface area contributed by atoms with Gasteiger partial charge in [0, 0.05) is 31.0 Å². The first-order chi connectivity index (χ1) is 9.83. The molecule has 4 bridgehead atoms. The van der Waals surface area contributed by atoms with Crippen LogP contribution in [-0.4, -0.2) is 17.6 Å². The van der Waals surface area contributed by atoms with E-state index >= 15 is 0 Å². The third kappa shape index (κ3) is 2.17. The molecule has 0 amide bonds. The van der Waals surface area contributed by atoms with Crippen LogP contribution in [0, 0.1) is 23.7 Å². The largest absolute Gasteiger partial charge is 0.329 e. The molecule has 1 heterocycles. The molecule has 3 N–H and O–H groups in total. The minimum Gasteiger partial charge on any atom is -0.329 e. The van der Waals surface area contributed by atoms with Gasteiger partial charge < -0.3 is 11.1 Å². The molecule has 108 valence electrons. The summed E-state index contributed by atoms with van der Waals surface area (Å²) in [5.41, 5.74) is 7.31. The molecular weight excluding hydrogens is 246 g/mol. The summed E-state index contributed by atoms with van der Waals surface area (Å²) in [7, 11) is 0. The Morgan fingerprint density at radius 1 is 1.05 bits per heavy atom. The van der Waals surface area contributed by atoms with Crippen LogP contribution >= 0.6 is 0 Å². The third-order valence-electron chi connectivity index (χ3n) is 5.96. The molecule has 0 saturated heterocycles. The Balaban J connectivity index is 1.50. The second-order valence-electron chi connectivity index (χ2n) is 7.19. The minimum absolute atomic E-state index is 0.292. The van der Waals surface area contributed by atoms with Crippen molar-refractivity contribution in [3.05, 3.63) is 30.1 Å². The van der Waals surface area contributed by atoms with Gasteiger partial charge in [0.25, 0.3) is 0 Å². The predicted octanol–water partition coefficient (Wildman–Crippen LogP) is 2.50. The highest BCUT2D eigenvalue weighted by Crippen LogP contribution is 2.54. The summed E-state index contributed by atoms with van der Waals surface area (Å²) in [6.45, 7) is 0.673. The second kappa shape index (κ2) is 5.12. The Bertz CT molecular complexity index is 431. The zero-order valence-electron chi connectivity index (χ0n) is 12.0. The van der Waals surface area contributed by atoms with Crippen LogP contribution in [0.4, 0.5) is 0 Å². The van der Waals surface area contributed by atoms with Crippen molar-refractivity contribution in [3.8, 4) is 0 Å². The molecule has 3 nitrogen and oxygen atoms in total. The molecule has 4 fully saturated rings. The first-order valence-corrected chi connectivity index (χ1v) is 8.19. The summed E-state index contributed by atoms with van der Waals surface area (Å²) < 4.78 is 0. The van der Waals surface area contributed by atoms with E-state index in [0.717, 1.165) is 23.7 Å². The average Bonchev–Trinajstić information content (AvgIpc) is 2.47. The Labute approximate surface area is 121 Å². The van der Waals surface area contributed by atoms with Gasteiger partial charge in [-0.25, -0.2) is 0 Å². The van der Waals surface area contributed by atoms with E-state index in [9.17, 15) is 0 Å². The van der Waals surface area contributed by atoms with Gasteiger partial charge in [0.15, 0.2) is 0 Å². The molecule has 0 aromatic carbocycles. The van der Waals surface area contributed by atoms with Gasteiger partial charge in [-0.2, -0.15) is 0 Å². The second-order valence-corrected chi connectivity index (χ2v) is 7.19. The van der Waals surface area contributed by atoms with E-state index in [1.54, 1.807) is 0 Å². The van der Waals surface area contributed by atoms with E-state index in [0.29, 0.717) is 18.6 Å². The fraction of sp³-hybridized carbons (Fsp3) is 0.706. The van der Waals surface area contributed by atoms with E-state index in [4.69, 9.17) is 5.73 Å². The molecule has 0 radical (unpaired) electrons. The number of nitrogens with one attached hydrogen (secondary N) is 1. The van der Waals surface area contributed by atoms with Crippen LogP contribution in [0.3, 0.4) is 0 Å². The number of nitrogens with two attached hydrogens (primary N) is 1. The van der Waals surface area contributed by atoms with Crippen LogP contribution in [0.15, 0.2) is 24.5 Å². The maximum absolute atomic E-state index is 6.03. The van der Waals surface area contributed by atoms with E-state index < -0.39 is 0 Å². The Kier molecular flexibility index (Phi) is 3.27. The summed E-state index contributed by atoms with van der Waals surface area (Å²) >= 11 is 0. The van der Waals surface area contributed by atoms with Gasteiger partial charge in [-0.15, -0.1) is 0 Å². The van der Waals surface area contributed by atoms with E-state index in [2.05, 4.69) is 22.4 Å². The lowest BCUT2D eigenvalue weighted by Gasteiger charge is -2.55. The Hall–Kier alpha value is -0.930. The third-order valence-corrected chi connectivity index (χ3v) is 5.96. The standard InChI is InChI=1S/C17H25N3/c18-10-16(13-1-3-19-4-2-13)20-17-14-6-11-5-12(8-14)9-15(17)7-11/h1-4,11-12,14-17,20H,5-10,18H2. The number of pyridine rings is 1. The first-order valence-electron chi connectivity index (χ1n) is 8.19. The molecule has 4 saturated carbocycles. The normalized spacial score (nSPS) is 40.0. The van der Waals surface area contributed by atoms with E-state index in [-0.39, 0.29) is 0 Å². The van der Waals surface area contributed by atoms with Crippen molar-refractivity contribution in [1.82, 2.24) is 10.3 Å². The maximum atomic E-state index is 6.03. The summed E-state index contributed by atoms with van der Waals surface area (Å²) in [6.07, 6.45) is 11.1. The van der Waals surface area contributed by atoms with Crippen LogP contribution in [0.1, 0.15) is 43.7 Å². The van der Waals surface area contributed by atoms with Gasteiger partial charge in [-0.3, -0.25) is 4.98 Å².